The van der Waals surface area contributed by atoms with Gasteiger partial charge in [-0.15, -0.1) is 0 Å². The highest BCUT2D eigenvalue weighted by Gasteiger charge is 2.19. The number of hydrogen-bond donors (Lipinski definition) is 1. The van der Waals surface area contributed by atoms with Crippen molar-refractivity contribution in [1.29, 1.82) is 0 Å². The number of benzene rings is 1. The molecule has 0 saturated carbocycles. The summed E-state index contributed by atoms with van der Waals surface area (Å²) in [6.07, 6.45) is 0. The Labute approximate surface area is 106 Å². The number of nitrogens with one attached hydrogen (secondary N) is 1. The van der Waals surface area contributed by atoms with Gasteiger partial charge in [-0.25, -0.2) is 0 Å². The molecule has 96 valence electrons. The summed E-state index contributed by atoms with van der Waals surface area (Å²) >= 11 is 0. The van der Waals surface area contributed by atoms with E-state index in [0.717, 1.165) is 19.6 Å². The van der Waals surface area contributed by atoms with Crippen molar-refractivity contribution in [2.75, 3.05) is 20.1 Å². The molecular formula is C15H26N2. The van der Waals surface area contributed by atoms with Crippen LogP contribution in [0.5, 0.6) is 0 Å². The molecule has 0 spiro atoms. The second-order valence-electron chi connectivity index (χ2n) is 4.92. The maximum absolute atomic E-state index is 3.31. The number of likely N-dealkylation sites (N-methyl/N-ethyl adjacent to an activating group) is 2. The SMILES string of the molecule is CCN(Cc1ccccc1)C(CNC)C(C)C. The summed E-state index contributed by atoms with van der Waals surface area (Å²) in [4.78, 5) is 2.55. The minimum Gasteiger partial charge on any atom is -0.318 e. The van der Waals surface area contributed by atoms with Gasteiger partial charge in [0.1, 0.15) is 0 Å². The fourth-order valence-electron chi connectivity index (χ4n) is 2.28. The molecule has 0 aliphatic carbocycles. The lowest BCUT2D eigenvalue weighted by Crippen LogP contribution is -2.44. The van der Waals surface area contributed by atoms with E-state index in [4.69, 9.17) is 0 Å². The molecule has 0 amide bonds. The van der Waals surface area contributed by atoms with E-state index < -0.39 is 0 Å². The highest BCUT2D eigenvalue weighted by atomic mass is 15.2. The lowest BCUT2D eigenvalue weighted by molar-refractivity contribution is 0.153. The minimum atomic E-state index is 0.602. The van der Waals surface area contributed by atoms with Crippen molar-refractivity contribution in [3.63, 3.8) is 0 Å². The first-order valence-corrected chi connectivity index (χ1v) is 6.61. The molecule has 1 aromatic rings. The predicted molar refractivity (Wildman–Crippen MR) is 75.1 cm³/mol. The standard InChI is InChI=1S/C15H26N2/c1-5-17(15(11-16-4)13(2)3)12-14-9-7-6-8-10-14/h6-10,13,15-16H,5,11-12H2,1-4H3. The second-order valence-corrected chi connectivity index (χ2v) is 4.92. The van der Waals surface area contributed by atoms with Gasteiger partial charge < -0.3 is 5.32 Å². The highest BCUT2D eigenvalue weighted by Crippen LogP contribution is 2.14. The maximum atomic E-state index is 3.31. The van der Waals surface area contributed by atoms with Gasteiger partial charge in [0.2, 0.25) is 0 Å². The molecule has 0 saturated heterocycles. The smallest absolute Gasteiger partial charge is 0.0246 e. The van der Waals surface area contributed by atoms with Gasteiger partial charge in [-0.3, -0.25) is 4.90 Å². The third-order valence-electron chi connectivity index (χ3n) is 3.29. The zero-order chi connectivity index (χ0) is 12.7. The molecule has 0 aliphatic rings. The van der Waals surface area contributed by atoms with Crippen LogP contribution in [0.15, 0.2) is 30.3 Å². The Morgan fingerprint density at radius 3 is 2.29 bits per heavy atom. The molecule has 1 N–H and O–H groups in total. The van der Waals surface area contributed by atoms with Gasteiger partial charge >= 0.3 is 0 Å². The molecule has 1 aromatic carbocycles. The molecule has 0 heterocycles. The lowest BCUT2D eigenvalue weighted by Gasteiger charge is -2.33. The molecule has 17 heavy (non-hydrogen) atoms. The summed E-state index contributed by atoms with van der Waals surface area (Å²) in [5.74, 6) is 0.672. The van der Waals surface area contributed by atoms with Crippen LogP contribution in [-0.2, 0) is 6.54 Å². The molecular weight excluding hydrogens is 208 g/mol. The summed E-state index contributed by atoms with van der Waals surface area (Å²) in [7, 11) is 2.03. The van der Waals surface area contributed by atoms with E-state index >= 15 is 0 Å². The Hall–Kier alpha value is -0.860. The van der Waals surface area contributed by atoms with Crippen molar-refractivity contribution < 1.29 is 0 Å². The van der Waals surface area contributed by atoms with Crippen LogP contribution in [0.25, 0.3) is 0 Å². The summed E-state index contributed by atoms with van der Waals surface area (Å²) in [5, 5.41) is 3.31. The van der Waals surface area contributed by atoms with Crippen LogP contribution in [0, 0.1) is 5.92 Å². The predicted octanol–water partition coefficient (Wildman–Crippen LogP) is 2.75. The Balaban J connectivity index is 2.69. The molecule has 0 aromatic heterocycles. The average molecular weight is 234 g/mol. The van der Waals surface area contributed by atoms with Gasteiger partial charge in [0.15, 0.2) is 0 Å². The topological polar surface area (TPSA) is 15.3 Å². The fourth-order valence-corrected chi connectivity index (χ4v) is 2.28. The summed E-state index contributed by atoms with van der Waals surface area (Å²) in [6, 6.07) is 11.3. The first-order valence-electron chi connectivity index (χ1n) is 6.61. The first-order chi connectivity index (χ1) is 8.19. The molecule has 0 fully saturated rings. The van der Waals surface area contributed by atoms with Crippen LogP contribution >= 0.6 is 0 Å². The Kier molecular flexibility index (Phi) is 6.23. The van der Waals surface area contributed by atoms with Crippen molar-refractivity contribution in [2.45, 2.75) is 33.4 Å². The van der Waals surface area contributed by atoms with Gasteiger partial charge in [-0.1, -0.05) is 51.1 Å². The van der Waals surface area contributed by atoms with E-state index in [-0.39, 0.29) is 0 Å². The van der Waals surface area contributed by atoms with Crippen LogP contribution in [0.2, 0.25) is 0 Å². The average Bonchev–Trinajstić information content (AvgIpc) is 2.34. The Bertz CT molecular complexity index is 295. The third kappa shape index (κ3) is 4.49. The van der Waals surface area contributed by atoms with Crippen LogP contribution in [0.4, 0.5) is 0 Å². The third-order valence-corrected chi connectivity index (χ3v) is 3.29. The molecule has 0 bridgehead atoms. The molecule has 2 heteroatoms. The van der Waals surface area contributed by atoms with E-state index in [9.17, 15) is 0 Å². The highest BCUT2D eigenvalue weighted by molar-refractivity contribution is 5.14. The first kappa shape index (κ1) is 14.2. The largest absolute Gasteiger partial charge is 0.318 e. The molecule has 0 radical (unpaired) electrons. The van der Waals surface area contributed by atoms with Crippen molar-refractivity contribution >= 4 is 0 Å². The summed E-state index contributed by atoms with van der Waals surface area (Å²) < 4.78 is 0. The van der Waals surface area contributed by atoms with Crippen LogP contribution in [0.1, 0.15) is 26.3 Å². The zero-order valence-electron chi connectivity index (χ0n) is 11.6. The quantitative estimate of drug-likeness (QED) is 0.780. The van der Waals surface area contributed by atoms with Crippen LogP contribution < -0.4 is 5.32 Å². The monoisotopic (exact) mass is 234 g/mol. The second kappa shape index (κ2) is 7.46. The van der Waals surface area contributed by atoms with E-state index in [2.05, 4.69) is 61.3 Å². The van der Waals surface area contributed by atoms with E-state index in [1.165, 1.54) is 5.56 Å². The minimum absolute atomic E-state index is 0.602. The zero-order valence-corrected chi connectivity index (χ0v) is 11.6. The van der Waals surface area contributed by atoms with Gasteiger partial charge in [0.05, 0.1) is 0 Å². The fraction of sp³-hybridized carbons (Fsp3) is 0.600. The van der Waals surface area contributed by atoms with Crippen molar-refractivity contribution in [3.8, 4) is 0 Å². The molecule has 1 atom stereocenters. The maximum Gasteiger partial charge on any atom is 0.0246 e. The molecule has 2 nitrogen and oxygen atoms in total. The van der Waals surface area contributed by atoms with E-state index in [1.807, 2.05) is 7.05 Å². The number of rotatable bonds is 7. The van der Waals surface area contributed by atoms with Gasteiger partial charge in [-0.2, -0.15) is 0 Å². The lowest BCUT2D eigenvalue weighted by atomic mass is 10.0. The summed E-state index contributed by atoms with van der Waals surface area (Å²) in [5.41, 5.74) is 1.40. The van der Waals surface area contributed by atoms with Gasteiger partial charge in [0.25, 0.3) is 0 Å². The molecule has 1 unspecified atom stereocenters. The summed E-state index contributed by atoms with van der Waals surface area (Å²) in [6.45, 7) is 10.0. The van der Waals surface area contributed by atoms with E-state index in [0.29, 0.717) is 12.0 Å². The van der Waals surface area contributed by atoms with Crippen LogP contribution in [-0.4, -0.2) is 31.1 Å². The number of hydrogen-bond acceptors (Lipinski definition) is 2. The number of nitrogens with zero attached hydrogens (tertiary/aromatic N) is 1. The molecule has 1 rings (SSSR count). The van der Waals surface area contributed by atoms with E-state index in [1.54, 1.807) is 0 Å². The van der Waals surface area contributed by atoms with Gasteiger partial charge in [0, 0.05) is 19.1 Å². The Morgan fingerprint density at radius 2 is 1.82 bits per heavy atom. The van der Waals surface area contributed by atoms with Crippen molar-refractivity contribution in [1.82, 2.24) is 10.2 Å². The normalized spacial score (nSPS) is 13.3. The van der Waals surface area contributed by atoms with Gasteiger partial charge in [-0.05, 0) is 25.1 Å². The Morgan fingerprint density at radius 1 is 1.18 bits per heavy atom. The van der Waals surface area contributed by atoms with Crippen LogP contribution in [0.3, 0.4) is 0 Å². The molecule has 0 aliphatic heterocycles. The van der Waals surface area contributed by atoms with Crippen molar-refractivity contribution in [2.24, 2.45) is 5.92 Å². The van der Waals surface area contributed by atoms with Crippen molar-refractivity contribution in [3.05, 3.63) is 35.9 Å².